The number of hydrogen-bond acceptors (Lipinski definition) is 3. The number of carbonyl (C=O) groups excluding carboxylic acids is 1. The monoisotopic (exact) mass is 384 g/mol. The van der Waals surface area contributed by atoms with Crippen LogP contribution in [-0.2, 0) is 15.1 Å². The van der Waals surface area contributed by atoms with E-state index in [9.17, 15) is 18.7 Å². The van der Waals surface area contributed by atoms with Crippen LogP contribution in [0.5, 0.6) is 0 Å². The van der Waals surface area contributed by atoms with Gasteiger partial charge in [-0.05, 0) is 11.6 Å². The number of aliphatic hydroxyl groups is 1. The average Bonchev–Trinajstić information content (AvgIpc) is 2.53. The smallest absolute Gasteiger partial charge is 0.343 e. The molecule has 0 aliphatic carbocycles. The highest BCUT2D eigenvalue weighted by Gasteiger charge is 2.46. The van der Waals surface area contributed by atoms with Gasteiger partial charge in [-0.25, -0.2) is 13.6 Å². The van der Waals surface area contributed by atoms with Crippen LogP contribution in [0.4, 0.5) is 8.78 Å². The summed E-state index contributed by atoms with van der Waals surface area (Å²) in [6.07, 6.45) is 0. The Morgan fingerprint density at radius 1 is 1.26 bits per heavy atom. The standard InChI is InChI=1S/C17H15BrF2O3/c1-10(15-13(18)8-12(19)9-14(15)20)17(22,16(21)23-2)11-6-4-3-5-7-11/h3-10,22H,1-2H3/t10-,17+/m1/s1. The second-order valence-corrected chi connectivity index (χ2v) is 5.98. The highest BCUT2D eigenvalue weighted by Crippen LogP contribution is 2.41. The summed E-state index contributed by atoms with van der Waals surface area (Å²) in [5.74, 6) is -3.56. The van der Waals surface area contributed by atoms with Crippen LogP contribution in [0, 0.1) is 11.6 Å². The average molecular weight is 385 g/mol. The number of ether oxygens (including phenoxy) is 1. The largest absolute Gasteiger partial charge is 0.467 e. The summed E-state index contributed by atoms with van der Waals surface area (Å²) in [6, 6.07) is 9.89. The van der Waals surface area contributed by atoms with Gasteiger partial charge in [-0.3, -0.25) is 0 Å². The van der Waals surface area contributed by atoms with E-state index in [2.05, 4.69) is 15.9 Å². The highest BCUT2D eigenvalue weighted by atomic mass is 79.9. The molecular weight excluding hydrogens is 370 g/mol. The van der Waals surface area contributed by atoms with Gasteiger partial charge in [-0.1, -0.05) is 53.2 Å². The van der Waals surface area contributed by atoms with E-state index in [1.165, 1.54) is 6.92 Å². The molecule has 2 aromatic rings. The Bertz CT molecular complexity index is 698. The molecule has 0 unspecified atom stereocenters. The normalized spacial score (nSPS) is 14.9. The SMILES string of the molecule is COC(=O)[C@@](O)(c1ccccc1)[C@H](C)c1c(F)cc(F)cc1Br. The first-order valence-corrected chi connectivity index (χ1v) is 7.62. The number of methoxy groups -OCH3 is 1. The second kappa shape index (κ2) is 6.76. The molecule has 0 saturated carbocycles. The highest BCUT2D eigenvalue weighted by molar-refractivity contribution is 9.10. The van der Waals surface area contributed by atoms with Gasteiger partial charge in [-0.2, -0.15) is 0 Å². The molecular formula is C17H15BrF2O3. The summed E-state index contributed by atoms with van der Waals surface area (Å²) < 4.78 is 32.4. The topological polar surface area (TPSA) is 46.5 Å². The van der Waals surface area contributed by atoms with E-state index in [0.717, 1.165) is 13.2 Å². The lowest BCUT2D eigenvalue weighted by molar-refractivity contribution is -0.166. The van der Waals surface area contributed by atoms with Crippen molar-refractivity contribution in [1.29, 1.82) is 0 Å². The molecule has 23 heavy (non-hydrogen) atoms. The molecule has 1 N–H and O–H groups in total. The van der Waals surface area contributed by atoms with Crippen LogP contribution in [0.2, 0.25) is 0 Å². The molecule has 0 saturated heterocycles. The van der Waals surface area contributed by atoms with E-state index in [4.69, 9.17) is 4.74 Å². The van der Waals surface area contributed by atoms with Gasteiger partial charge in [0.1, 0.15) is 11.6 Å². The van der Waals surface area contributed by atoms with Crippen LogP contribution in [0.1, 0.15) is 24.0 Å². The first kappa shape index (κ1) is 17.6. The number of hydrogen-bond donors (Lipinski definition) is 1. The summed E-state index contributed by atoms with van der Waals surface area (Å²) in [7, 11) is 1.14. The summed E-state index contributed by atoms with van der Waals surface area (Å²) in [5.41, 5.74) is -1.87. The molecule has 2 aromatic carbocycles. The van der Waals surface area contributed by atoms with Crippen molar-refractivity contribution in [3.8, 4) is 0 Å². The van der Waals surface area contributed by atoms with Crippen LogP contribution in [0.15, 0.2) is 46.9 Å². The Morgan fingerprint density at radius 2 is 1.87 bits per heavy atom. The summed E-state index contributed by atoms with van der Waals surface area (Å²) in [6.45, 7) is 1.48. The number of benzene rings is 2. The van der Waals surface area contributed by atoms with Gasteiger partial charge in [0.25, 0.3) is 0 Å². The molecule has 2 rings (SSSR count). The number of rotatable bonds is 4. The molecule has 0 spiro atoms. The Kier molecular flexibility index (Phi) is 5.16. The molecule has 0 fully saturated rings. The zero-order valence-electron chi connectivity index (χ0n) is 12.5. The van der Waals surface area contributed by atoms with Crippen LogP contribution in [0.3, 0.4) is 0 Å². The fourth-order valence-electron chi connectivity index (χ4n) is 2.57. The molecule has 0 amide bonds. The van der Waals surface area contributed by atoms with Gasteiger partial charge < -0.3 is 9.84 Å². The summed E-state index contributed by atoms with van der Waals surface area (Å²) in [4.78, 5) is 12.3. The molecule has 0 bridgehead atoms. The summed E-state index contributed by atoms with van der Waals surface area (Å²) >= 11 is 3.09. The number of halogens is 3. The molecule has 0 aliphatic rings. The predicted octanol–water partition coefficient (Wildman–Crippen LogP) is 3.89. The fraction of sp³-hybridized carbons (Fsp3) is 0.235. The maximum atomic E-state index is 14.2. The predicted molar refractivity (Wildman–Crippen MR) is 84.8 cm³/mol. The van der Waals surface area contributed by atoms with Gasteiger partial charge in [0, 0.05) is 22.0 Å². The van der Waals surface area contributed by atoms with Gasteiger partial charge in [0.15, 0.2) is 5.60 Å². The molecule has 2 atom stereocenters. The first-order chi connectivity index (χ1) is 10.8. The van der Waals surface area contributed by atoms with Crippen molar-refractivity contribution in [3.05, 3.63) is 69.7 Å². The van der Waals surface area contributed by atoms with Crippen LogP contribution in [-0.4, -0.2) is 18.2 Å². The molecule has 6 heteroatoms. The third-order valence-corrected chi connectivity index (χ3v) is 4.47. The van der Waals surface area contributed by atoms with Crippen molar-refractivity contribution in [2.45, 2.75) is 18.4 Å². The molecule has 0 radical (unpaired) electrons. The zero-order chi connectivity index (χ0) is 17.2. The van der Waals surface area contributed by atoms with Gasteiger partial charge in [0.2, 0.25) is 0 Å². The lowest BCUT2D eigenvalue weighted by atomic mass is 9.78. The van der Waals surface area contributed by atoms with Crippen molar-refractivity contribution < 1.29 is 23.4 Å². The van der Waals surface area contributed by atoms with Crippen LogP contribution < -0.4 is 0 Å². The third-order valence-electron chi connectivity index (χ3n) is 3.81. The minimum Gasteiger partial charge on any atom is -0.467 e. The maximum absolute atomic E-state index is 14.2. The van der Waals surface area contributed by atoms with E-state index in [-0.39, 0.29) is 15.6 Å². The Morgan fingerprint density at radius 3 is 2.39 bits per heavy atom. The van der Waals surface area contributed by atoms with E-state index < -0.39 is 29.1 Å². The Balaban J connectivity index is 2.64. The minimum atomic E-state index is -2.11. The van der Waals surface area contributed by atoms with E-state index in [1.807, 2.05) is 0 Å². The van der Waals surface area contributed by atoms with Crippen LogP contribution >= 0.6 is 15.9 Å². The van der Waals surface area contributed by atoms with Crippen molar-refractivity contribution in [3.63, 3.8) is 0 Å². The Hall–Kier alpha value is -1.79. The number of carbonyl (C=O) groups is 1. The summed E-state index contributed by atoms with van der Waals surface area (Å²) in [5, 5.41) is 11.0. The third kappa shape index (κ3) is 3.14. The van der Waals surface area contributed by atoms with Gasteiger partial charge in [0.05, 0.1) is 7.11 Å². The first-order valence-electron chi connectivity index (χ1n) is 6.83. The van der Waals surface area contributed by atoms with Crippen LogP contribution in [0.25, 0.3) is 0 Å². The Labute approximate surface area is 141 Å². The van der Waals surface area contributed by atoms with Crippen molar-refractivity contribution in [2.24, 2.45) is 0 Å². The van der Waals surface area contributed by atoms with E-state index in [0.29, 0.717) is 6.07 Å². The van der Waals surface area contributed by atoms with Crippen molar-refractivity contribution in [2.75, 3.05) is 7.11 Å². The molecule has 0 heterocycles. The van der Waals surface area contributed by atoms with Gasteiger partial charge >= 0.3 is 5.97 Å². The zero-order valence-corrected chi connectivity index (χ0v) is 14.1. The molecule has 0 aliphatic heterocycles. The maximum Gasteiger partial charge on any atom is 0.343 e. The molecule has 0 aromatic heterocycles. The molecule has 122 valence electrons. The fourth-order valence-corrected chi connectivity index (χ4v) is 3.32. The van der Waals surface area contributed by atoms with Crippen molar-refractivity contribution in [1.82, 2.24) is 0 Å². The molecule has 3 nitrogen and oxygen atoms in total. The quantitative estimate of drug-likeness (QED) is 0.813. The van der Waals surface area contributed by atoms with E-state index in [1.54, 1.807) is 30.3 Å². The second-order valence-electron chi connectivity index (χ2n) is 5.13. The van der Waals surface area contributed by atoms with Crippen molar-refractivity contribution >= 4 is 21.9 Å². The lowest BCUT2D eigenvalue weighted by Gasteiger charge is -2.32. The minimum absolute atomic E-state index is 0.0110. The number of esters is 1. The lowest BCUT2D eigenvalue weighted by Crippen LogP contribution is -2.42. The van der Waals surface area contributed by atoms with Gasteiger partial charge in [-0.15, -0.1) is 0 Å². The van der Waals surface area contributed by atoms with E-state index >= 15 is 0 Å².